The average molecular weight is 417 g/mol. The second-order valence-electron chi connectivity index (χ2n) is 6.67. The minimum Gasteiger partial charge on any atom is -0.493 e. The van der Waals surface area contributed by atoms with Crippen molar-refractivity contribution in [2.75, 3.05) is 19.1 Å². The molecule has 4 rings (SSSR count). The van der Waals surface area contributed by atoms with E-state index >= 15 is 0 Å². The number of nitrogens with one attached hydrogen (secondary N) is 1. The minimum atomic E-state index is -0.590. The first-order valence-corrected chi connectivity index (χ1v) is 9.67. The molecule has 1 atom stereocenters. The van der Waals surface area contributed by atoms with E-state index in [-0.39, 0.29) is 10.6 Å². The molecule has 0 bridgehead atoms. The summed E-state index contributed by atoms with van der Waals surface area (Å²) in [6.45, 7) is 0. The molecule has 0 saturated carbocycles. The summed E-state index contributed by atoms with van der Waals surface area (Å²) in [6, 6.07) is 21.2. The molecular weight excluding hydrogens is 398 g/mol. The van der Waals surface area contributed by atoms with Gasteiger partial charge in [-0.3, -0.25) is 4.79 Å². The molecule has 0 spiro atoms. The molecule has 7 heteroatoms. The van der Waals surface area contributed by atoms with Gasteiger partial charge in [0.15, 0.2) is 11.5 Å². The van der Waals surface area contributed by atoms with Gasteiger partial charge in [0.25, 0.3) is 5.91 Å². The van der Waals surface area contributed by atoms with E-state index in [1.54, 1.807) is 26.4 Å². The number of ether oxygens (including phenoxy) is 2. The summed E-state index contributed by atoms with van der Waals surface area (Å²) in [5.41, 5.74) is 1.55. The van der Waals surface area contributed by atoms with Gasteiger partial charge in [0.05, 0.1) is 24.9 Å². The molecule has 1 unspecified atom stereocenters. The predicted molar refractivity (Wildman–Crippen MR) is 118 cm³/mol. The molecular formula is C23H19N3O3S. The fourth-order valence-electron chi connectivity index (χ4n) is 3.63. The maximum absolute atomic E-state index is 12.6. The molecule has 0 aromatic heterocycles. The molecule has 3 aromatic rings. The predicted octanol–water partition coefficient (Wildman–Crippen LogP) is 4.16. The normalized spacial score (nSPS) is 16.3. The molecule has 0 radical (unpaired) electrons. The van der Waals surface area contributed by atoms with Crippen molar-refractivity contribution in [2.45, 2.75) is 6.17 Å². The molecule has 0 aliphatic carbocycles. The largest absolute Gasteiger partial charge is 0.493 e. The standard InChI is InChI=1S/C23H19N3O3S/c1-28-19-11-10-15(12-20(19)29-2)21-25-22(27)17(13-24)23(30)26(21)18-9-5-7-14-6-3-4-8-16(14)18/h3-12,21,30H,1-2H3,(H,25,27). The van der Waals surface area contributed by atoms with Crippen molar-refractivity contribution < 1.29 is 14.3 Å². The summed E-state index contributed by atoms with van der Waals surface area (Å²) in [5, 5.41) is 14.8. The van der Waals surface area contributed by atoms with Gasteiger partial charge in [-0.1, -0.05) is 42.5 Å². The molecule has 0 saturated heterocycles. The molecule has 150 valence electrons. The van der Waals surface area contributed by atoms with Gasteiger partial charge in [0.1, 0.15) is 17.8 Å². The third-order valence-electron chi connectivity index (χ3n) is 5.07. The van der Waals surface area contributed by atoms with Crippen molar-refractivity contribution in [3.05, 3.63) is 76.8 Å². The van der Waals surface area contributed by atoms with Gasteiger partial charge in [-0.2, -0.15) is 5.26 Å². The first kappa shape index (κ1) is 19.7. The second-order valence-corrected chi connectivity index (χ2v) is 7.09. The molecule has 0 fully saturated rings. The fourth-order valence-corrected chi connectivity index (χ4v) is 4.01. The van der Waals surface area contributed by atoms with Gasteiger partial charge in [-0.05, 0) is 29.1 Å². The van der Waals surface area contributed by atoms with Crippen LogP contribution in [0.1, 0.15) is 11.7 Å². The lowest BCUT2D eigenvalue weighted by atomic mass is 10.0. The van der Waals surface area contributed by atoms with Crippen LogP contribution in [0.4, 0.5) is 5.69 Å². The highest BCUT2D eigenvalue weighted by atomic mass is 32.1. The number of nitrogens with zero attached hydrogens (tertiary/aromatic N) is 2. The van der Waals surface area contributed by atoms with Crippen LogP contribution < -0.4 is 19.7 Å². The number of hydrogen-bond donors (Lipinski definition) is 2. The molecule has 1 heterocycles. The van der Waals surface area contributed by atoms with E-state index in [0.717, 1.165) is 22.0 Å². The monoisotopic (exact) mass is 417 g/mol. The van der Waals surface area contributed by atoms with Gasteiger partial charge in [-0.25, -0.2) is 0 Å². The Morgan fingerprint density at radius 2 is 1.77 bits per heavy atom. The number of anilines is 1. The Labute approximate surface area is 179 Å². The first-order chi connectivity index (χ1) is 14.6. The Morgan fingerprint density at radius 1 is 1.03 bits per heavy atom. The Morgan fingerprint density at radius 3 is 2.50 bits per heavy atom. The van der Waals surface area contributed by atoms with Crippen molar-refractivity contribution in [1.82, 2.24) is 5.32 Å². The van der Waals surface area contributed by atoms with E-state index in [4.69, 9.17) is 9.47 Å². The summed E-state index contributed by atoms with van der Waals surface area (Å²) in [4.78, 5) is 14.5. The van der Waals surface area contributed by atoms with E-state index in [1.807, 2.05) is 59.5 Å². The van der Waals surface area contributed by atoms with Crippen LogP contribution in [0.5, 0.6) is 11.5 Å². The van der Waals surface area contributed by atoms with Crippen molar-refractivity contribution in [3.63, 3.8) is 0 Å². The first-order valence-electron chi connectivity index (χ1n) is 9.22. The molecule has 3 aromatic carbocycles. The van der Waals surface area contributed by atoms with Gasteiger partial charge < -0.3 is 19.7 Å². The van der Waals surface area contributed by atoms with Gasteiger partial charge in [0.2, 0.25) is 0 Å². The Kier molecular flexibility index (Phi) is 5.25. The zero-order chi connectivity index (χ0) is 21.3. The van der Waals surface area contributed by atoms with E-state index in [2.05, 4.69) is 17.9 Å². The van der Waals surface area contributed by atoms with Crippen LogP contribution >= 0.6 is 12.6 Å². The van der Waals surface area contributed by atoms with E-state index in [1.165, 1.54) is 0 Å². The summed E-state index contributed by atoms with van der Waals surface area (Å²) in [7, 11) is 3.12. The van der Waals surface area contributed by atoms with Crippen LogP contribution in [-0.4, -0.2) is 20.1 Å². The summed E-state index contributed by atoms with van der Waals surface area (Å²) >= 11 is 4.59. The number of methoxy groups -OCH3 is 2. The lowest BCUT2D eigenvalue weighted by Crippen LogP contribution is -2.46. The van der Waals surface area contributed by atoms with Crippen LogP contribution in [0, 0.1) is 11.3 Å². The molecule has 1 amide bonds. The van der Waals surface area contributed by atoms with Gasteiger partial charge in [0, 0.05) is 5.39 Å². The van der Waals surface area contributed by atoms with Gasteiger partial charge in [-0.15, -0.1) is 12.6 Å². The minimum absolute atomic E-state index is 0.0389. The number of nitriles is 1. The molecule has 1 aliphatic heterocycles. The number of rotatable bonds is 4. The number of hydrogen-bond acceptors (Lipinski definition) is 6. The average Bonchev–Trinajstić information content (AvgIpc) is 2.78. The second kappa shape index (κ2) is 8.01. The summed E-state index contributed by atoms with van der Waals surface area (Å²) in [6.07, 6.45) is -0.590. The maximum atomic E-state index is 12.6. The summed E-state index contributed by atoms with van der Waals surface area (Å²) in [5.74, 6) is 0.649. The molecule has 1 N–H and O–H groups in total. The Balaban J connectivity index is 1.95. The smallest absolute Gasteiger partial charge is 0.266 e. The maximum Gasteiger partial charge on any atom is 0.266 e. The number of carbonyl (C=O) groups is 1. The van der Waals surface area contributed by atoms with Crippen molar-refractivity contribution >= 4 is 35.0 Å². The Hall–Kier alpha value is -3.63. The number of thiol groups is 1. The third kappa shape index (κ3) is 3.21. The third-order valence-corrected chi connectivity index (χ3v) is 5.51. The summed E-state index contributed by atoms with van der Waals surface area (Å²) < 4.78 is 10.8. The topological polar surface area (TPSA) is 74.6 Å². The Bertz CT molecular complexity index is 1210. The molecule has 1 aliphatic rings. The number of benzene rings is 3. The van der Waals surface area contributed by atoms with Crippen LogP contribution in [0.2, 0.25) is 0 Å². The highest BCUT2D eigenvalue weighted by Crippen LogP contribution is 2.41. The zero-order valence-corrected chi connectivity index (χ0v) is 17.3. The van der Waals surface area contributed by atoms with E-state index < -0.39 is 12.1 Å². The van der Waals surface area contributed by atoms with Crippen molar-refractivity contribution in [1.29, 1.82) is 5.26 Å². The zero-order valence-electron chi connectivity index (χ0n) is 16.4. The SMILES string of the molecule is COc1ccc(C2NC(=O)C(C#N)=C(S)N2c2cccc3ccccc23)cc1OC. The number of amides is 1. The van der Waals surface area contributed by atoms with E-state index in [9.17, 15) is 10.1 Å². The van der Waals surface area contributed by atoms with Gasteiger partial charge >= 0.3 is 0 Å². The van der Waals surface area contributed by atoms with Crippen LogP contribution in [-0.2, 0) is 4.79 Å². The highest BCUT2D eigenvalue weighted by Gasteiger charge is 2.35. The fraction of sp³-hybridized carbons (Fsp3) is 0.130. The van der Waals surface area contributed by atoms with E-state index in [0.29, 0.717) is 11.5 Å². The van der Waals surface area contributed by atoms with Crippen molar-refractivity contribution in [3.8, 4) is 17.6 Å². The van der Waals surface area contributed by atoms with Crippen LogP contribution in [0.3, 0.4) is 0 Å². The number of carbonyl (C=O) groups excluding carboxylic acids is 1. The number of fused-ring (bicyclic) bond motifs is 1. The lowest BCUT2D eigenvalue weighted by molar-refractivity contribution is -0.118. The molecule has 30 heavy (non-hydrogen) atoms. The van der Waals surface area contributed by atoms with Crippen LogP contribution in [0.25, 0.3) is 10.8 Å². The lowest BCUT2D eigenvalue weighted by Gasteiger charge is -2.38. The quantitative estimate of drug-likeness (QED) is 0.624. The van der Waals surface area contributed by atoms with Crippen molar-refractivity contribution in [2.24, 2.45) is 0 Å². The highest BCUT2D eigenvalue weighted by molar-refractivity contribution is 7.84. The van der Waals surface area contributed by atoms with Crippen LogP contribution in [0.15, 0.2) is 71.3 Å². The molecule has 6 nitrogen and oxygen atoms in total.